The van der Waals surface area contributed by atoms with Crippen molar-refractivity contribution in [3.05, 3.63) is 0 Å². The SMILES string of the molecule is C[N+]1(C)N=NNC1=O. The lowest BCUT2D eigenvalue weighted by Gasteiger charge is -2.07. The molecule has 5 nitrogen and oxygen atoms in total. The van der Waals surface area contributed by atoms with Gasteiger partial charge < -0.3 is 0 Å². The van der Waals surface area contributed by atoms with E-state index < -0.39 is 0 Å². The van der Waals surface area contributed by atoms with E-state index in [-0.39, 0.29) is 10.6 Å². The van der Waals surface area contributed by atoms with Gasteiger partial charge in [-0.05, 0) is 5.22 Å². The summed E-state index contributed by atoms with van der Waals surface area (Å²) in [7, 11) is 3.29. The zero-order valence-electron chi connectivity index (χ0n) is 4.75. The monoisotopic (exact) mass is 115 g/mol. The first-order valence-electron chi connectivity index (χ1n) is 2.20. The highest BCUT2D eigenvalue weighted by Crippen LogP contribution is 2.04. The van der Waals surface area contributed by atoms with Crippen molar-refractivity contribution in [3.8, 4) is 0 Å². The van der Waals surface area contributed by atoms with Crippen molar-refractivity contribution in [1.82, 2.24) is 5.43 Å². The van der Waals surface area contributed by atoms with Gasteiger partial charge in [0.15, 0.2) is 0 Å². The summed E-state index contributed by atoms with van der Waals surface area (Å²) in [6, 6.07) is -0.204. The van der Waals surface area contributed by atoms with Gasteiger partial charge in [-0.1, -0.05) is 0 Å². The van der Waals surface area contributed by atoms with Crippen molar-refractivity contribution in [1.29, 1.82) is 0 Å². The van der Waals surface area contributed by atoms with Crippen LogP contribution in [0.4, 0.5) is 4.79 Å². The molecule has 0 aliphatic carbocycles. The molecule has 8 heavy (non-hydrogen) atoms. The van der Waals surface area contributed by atoms with E-state index in [9.17, 15) is 4.79 Å². The standard InChI is InChI=1S/C3H6N4O/c1-7(2)3(8)4-5-6-7/h1-2H3/p+1. The van der Waals surface area contributed by atoms with Crippen LogP contribution < -0.4 is 5.43 Å². The molecule has 44 valence electrons. The average Bonchev–Trinajstić information content (AvgIpc) is 1.86. The number of hydrogen-bond acceptors (Lipinski definition) is 3. The van der Waals surface area contributed by atoms with Crippen molar-refractivity contribution in [2.75, 3.05) is 14.1 Å². The minimum Gasteiger partial charge on any atom is -0.202 e. The molecule has 0 unspecified atom stereocenters. The lowest BCUT2D eigenvalue weighted by Crippen LogP contribution is -2.40. The summed E-state index contributed by atoms with van der Waals surface area (Å²) < 4.78 is -0.0556. The fourth-order valence-corrected chi connectivity index (χ4v) is 0.340. The number of carbonyl (C=O) groups excluding carboxylic acids is 1. The van der Waals surface area contributed by atoms with Gasteiger partial charge in [-0.3, -0.25) is 0 Å². The number of carbonyl (C=O) groups is 1. The molecule has 0 aromatic heterocycles. The topological polar surface area (TPSA) is 53.8 Å². The van der Waals surface area contributed by atoms with Crippen molar-refractivity contribution in [2.45, 2.75) is 0 Å². The van der Waals surface area contributed by atoms with Gasteiger partial charge in [0.25, 0.3) is 0 Å². The van der Waals surface area contributed by atoms with Gasteiger partial charge in [-0.15, -0.1) is 4.59 Å². The molecule has 0 radical (unpaired) electrons. The lowest BCUT2D eigenvalue weighted by molar-refractivity contribution is -0.814. The first kappa shape index (κ1) is 5.17. The predicted octanol–water partition coefficient (Wildman–Crippen LogP) is 0.0682. The summed E-state index contributed by atoms with van der Waals surface area (Å²) in [6.45, 7) is 0. The largest absolute Gasteiger partial charge is 0.465 e. The molecule has 0 aromatic carbocycles. The molecule has 0 atom stereocenters. The highest BCUT2D eigenvalue weighted by atomic mass is 16.2. The maximum atomic E-state index is 10.6. The molecule has 5 heteroatoms. The Labute approximate surface area is 46.5 Å². The molecule has 0 spiro atoms. The van der Waals surface area contributed by atoms with E-state index in [2.05, 4.69) is 15.9 Å². The number of nitrogens with zero attached hydrogens (tertiary/aromatic N) is 3. The highest BCUT2D eigenvalue weighted by Gasteiger charge is 2.32. The molecule has 2 amide bonds. The smallest absolute Gasteiger partial charge is 0.202 e. The van der Waals surface area contributed by atoms with E-state index in [0.29, 0.717) is 0 Å². The highest BCUT2D eigenvalue weighted by molar-refractivity contribution is 5.66. The molecular weight excluding hydrogens is 108 g/mol. The van der Waals surface area contributed by atoms with Crippen LogP contribution in [-0.4, -0.2) is 24.7 Å². The normalized spacial score (nSPS) is 23.5. The predicted molar refractivity (Wildman–Crippen MR) is 25.5 cm³/mol. The molecule has 0 fully saturated rings. The van der Waals surface area contributed by atoms with E-state index in [1.165, 1.54) is 0 Å². The average molecular weight is 115 g/mol. The first-order chi connectivity index (χ1) is 3.63. The van der Waals surface area contributed by atoms with E-state index in [1.807, 2.05) is 0 Å². The van der Waals surface area contributed by atoms with Crippen LogP contribution in [0.25, 0.3) is 0 Å². The minimum absolute atomic E-state index is 0.0556. The van der Waals surface area contributed by atoms with Crippen LogP contribution in [0.5, 0.6) is 0 Å². The van der Waals surface area contributed by atoms with Crippen molar-refractivity contribution in [2.24, 2.45) is 10.4 Å². The Hall–Kier alpha value is -0.970. The molecule has 1 heterocycles. The molecule has 1 aliphatic rings. The number of rotatable bonds is 0. The zero-order valence-corrected chi connectivity index (χ0v) is 4.75. The summed E-state index contributed by atoms with van der Waals surface area (Å²) in [5.74, 6) is 0. The zero-order chi connectivity index (χ0) is 6.20. The van der Waals surface area contributed by atoms with E-state index in [1.54, 1.807) is 14.1 Å². The summed E-state index contributed by atoms with van der Waals surface area (Å²) in [5, 5.41) is 6.87. The molecule has 0 saturated heterocycles. The van der Waals surface area contributed by atoms with Crippen LogP contribution in [-0.2, 0) is 0 Å². The fraction of sp³-hybridized carbons (Fsp3) is 0.667. The fourth-order valence-electron chi connectivity index (χ4n) is 0.340. The van der Waals surface area contributed by atoms with Crippen LogP contribution in [0, 0.1) is 0 Å². The van der Waals surface area contributed by atoms with Crippen LogP contribution in [0.1, 0.15) is 0 Å². The van der Waals surface area contributed by atoms with Crippen LogP contribution >= 0.6 is 0 Å². The summed E-state index contributed by atoms with van der Waals surface area (Å²) in [5.41, 5.74) is 2.20. The minimum atomic E-state index is -0.204. The van der Waals surface area contributed by atoms with Crippen molar-refractivity contribution < 1.29 is 9.39 Å². The van der Waals surface area contributed by atoms with Crippen LogP contribution in [0.15, 0.2) is 10.4 Å². The Balaban J connectivity index is 2.82. The van der Waals surface area contributed by atoms with Gasteiger partial charge >= 0.3 is 6.03 Å². The number of nitrogens with one attached hydrogen (secondary N) is 1. The molecular formula is C3H7N4O+. The Bertz CT molecular complexity index is 149. The Morgan fingerprint density at radius 2 is 2.25 bits per heavy atom. The lowest BCUT2D eigenvalue weighted by atomic mass is 10.8. The maximum absolute atomic E-state index is 10.6. The maximum Gasteiger partial charge on any atom is 0.465 e. The van der Waals surface area contributed by atoms with Gasteiger partial charge in [0.2, 0.25) is 0 Å². The summed E-state index contributed by atoms with van der Waals surface area (Å²) in [6.07, 6.45) is 0. The number of urea groups is 1. The number of hydrogen-bond donors (Lipinski definition) is 1. The molecule has 1 N–H and O–H groups in total. The van der Waals surface area contributed by atoms with E-state index >= 15 is 0 Å². The Morgan fingerprint density at radius 3 is 2.38 bits per heavy atom. The Morgan fingerprint density at radius 1 is 1.62 bits per heavy atom. The second-order valence-corrected chi connectivity index (χ2v) is 2.00. The van der Waals surface area contributed by atoms with Crippen LogP contribution in [0.3, 0.4) is 0 Å². The van der Waals surface area contributed by atoms with Crippen LogP contribution in [0.2, 0.25) is 0 Å². The third-order valence-corrected chi connectivity index (χ3v) is 0.911. The van der Waals surface area contributed by atoms with Gasteiger partial charge in [-0.2, -0.15) is 5.43 Å². The number of amides is 2. The molecule has 0 aromatic rings. The summed E-state index contributed by atoms with van der Waals surface area (Å²) in [4.78, 5) is 10.6. The number of quaternary nitrogens is 1. The molecule has 1 rings (SSSR count). The van der Waals surface area contributed by atoms with Gasteiger partial charge in [0.05, 0.1) is 5.22 Å². The second-order valence-electron chi connectivity index (χ2n) is 2.00. The second kappa shape index (κ2) is 1.25. The summed E-state index contributed by atoms with van der Waals surface area (Å²) >= 11 is 0. The quantitative estimate of drug-likeness (QED) is 0.446. The third kappa shape index (κ3) is 0.564. The molecule has 1 aliphatic heterocycles. The van der Waals surface area contributed by atoms with Gasteiger partial charge in [0, 0.05) is 0 Å². The van der Waals surface area contributed by atoms with Gasteiger partial charge in [-0.25, -0.2) is 4.79 Å². The first-order valence-corrected chi connectivity index (χ1v) is 2.20. The van der Waals surface area contributed by atoms with E-state index in [4.69, 9.17) is 0 Å². The molecule has 0 saturated carbocycles. The van der Waals surface area contributed by atoms with Gasteiger partial charge in [0.1, 0.15) is 14.1 Å². The third-order valence-electron chi connectivity index (χ3n) is 0.911. The van der Waals surface area contributed by atoms with Crippen molar-refractivity contribution >= 4 is 6.03 Å². The van der Waals surface area contributed by atoms with E-state index in [0.717, 1.165) is 0 Å². The van der Waals surface area contributed by atoms with Crippen molar-refractivity contribution in [3.63, 3.8) is 0 Å². The molecule has 0 bridgehead atoms. The Kier molecular flexibility index (Phi) is 0.811.